The minimum Gasteiger partial charge on any atom is -0.393 e. The van der Waals surface area contributed by atoms with Gasteiger partial charge in [-0.2, -0.15) is 0 Å². The lowest BCUT2D eigenvalue weighted by molar-refractivity contribution is -0.0986. The normalized spacial score (nSPS) is 13.6. The number of nitrogens with one attached hydrogen (secondary N) is 1. The maximum atomic E-state index is 8.98. The van der Waals surface area contributed by atoms with Gasteiger partial charge in [0.1, 0.15) is 0 Å². The van der Waals surface area contributed by atoms with E-state index in [9.17, 15) is 0 Å². The first kappa shape index (κ1) is 12.8. The van der Waals surface area contributed by atoms with Crippen molar-refractivity contribution in [1.29, 1.82) is 0 Å². The van der Waals surface area contributed by atoms with E-state index in [4.69, 9.17) is 14.6 Å². The Morgan fingerprint density at radius 3 is 2.38 bits per heavy atom. The van der Waals surface area contributed by atoms with E-state index in [0.717, 1.165) is 19.4 Å². The van der Waals surface area contributed by atoms with Crippen LogP contribution in [0, 0.1) is 0 Å². The van der Waals surface area contributed by atoms with Crippen LogP contribution < -0.4 is 5.32 Å². The second-order valence-electron chi connectivity index (χ2n) is 3.10. The Bertz CT molecular complexity index is 105. The monoisotopic (exact) mass is 191 g/mol. The lowest BCUT2D eigenvalue weighted by Crippen LogP contribution is -2.30. The highest BCUT2D eigenvalue weighted by Gasteiger charge is 2.02. The van der Waals surface area contributed by atoms with Crippen LogP contribution in [-0.2, 0) is 9.47 Å². The molecule has 0 aliphatic rings. The van der Waals surface area contributed by atoms with E-state index in [1.165, 1.54) is 0 Å². The van der Waals surface area contributed by atoms with Crippen LogP contribution in [0.25, 0.3) is 0 Å². The molecule has 0 fully saturated rings. The van der Waals surface area contributed by atoms with Crippen molar-refractivity contribution >= 4 is 0 Å². The summed E-state index contributed by atoms with van der Waals surface area (Å²) in [7, 11) is 3.23. The number of hydrogen-bond donors (Lipinski definition) is 2. The van der Waals surface area contributed by atoms with Crippen LogP contribution in [0.3, 0.4) is 0 Å². The predicted molar refractivity (Wildman–Crippen MR) is 51.6 cm³/mol. The SMILES string of the molecule is COC(CNCCCC(C)O)OC. The van der Waals surface area contributed by atoms with Crippen molar-refractivity contribution in [2.24, 2.45) is 0 Å². The molecule has 0 rings (SSSR count). The maximum absolute atomic E-state index is 8.98. The van der Waals surface area contributed by atoms with Crippen molar-refractivity contribution in [2.75, 3.05) is 27.3 Å². The molecule has 0 aliphatic heterocycles. The first-order valence-corrected chi connectivity index (χ1v) is 4.65. The van der Waals surface area contributed by atoms with Crippen molar-refractivity contribution in [3.63, 3.8) is 0 Å². The third-order valence-electron chi connectivity index (χ3n) is 1.81. The summed E-state index contributed by atoms with van der Waals surface area (Å²) in [6.45, 7) is 3.37. The van der Waals surface area contributed by atoms with Gasteiger partial charge in [-0.05, 0) is 26.3 Å². The molecule has 0 aromatic heterocycles. The molecular weight excluding hydrogens is 170 g/mol. The van der Waals surface area contributed by atoms with Crippen LogP contribution in [0.4, 0.5) is 0 Å². The standard InChI is InChI=1S/C9H21NO3/c1-8(11)5-4-6-10-7-9(12-2)13-3/h8-11H,4-7H2,1-3H3. The molecule has 80 valence electrons. The molecule has 4 heteroatoms. The van der Waals surface area contributed by atoms with E-state index < -0.39 is 0 Å². The first-order valence-electron chi connectivity index (χ1n) is 4.65. The Hall–Kier alpha value is -0.160. The van der Waals surface area contributed by atoms with E-state index in [-0.39, 0.29) is 12.4 Å². The zero-order valence-corrected chi connectivity index (χ0v) is 8.75. The molecule has 0 aliphatic carbocycles. The summed E-state index contributed by atoms with van der Waals surface area (Å²) in [5, 5.41) is 12.2. The number of hydrogen-bond acceptors (Lipinski definition) is 4. The Morgan fingerprint density at radius 1 is 1.31 bits per heavy atom. The fraction of sp³-hybridized carbons (Fsp3) is 1.00. The Balaban J connectivity index is 3.14. The van der Waals surface area contributed by atoms with Crippen molar-refractivity contribution in [2.45, 2.75) is 32.2 Å². The van der Waals surface area contributed by atoms with Gasteiger partial charge in [0.05, 0.1) is 6.10 Å². The molecule has 4 nitrogen and oxygen atoms in total. The first-order chi connectivity index (χ1) is 6.20. The van der Waals surface area contributed by atoms with Gasteiger partial charge in [-0.25, -0.2) is 0 Å². The van der Waals surface area contributed by atoms with Crippen molar-refractivity contribution in [3.05, 3.63) is 0 Å². The Labute approximate surface area is 80.2 Å². The van der Waals surface area contributed by atoms with Gasteiger partial charge in [0.2, 0.25) is 0 Å². The zero-order valence-electron chi connectivity index (χ0n) is 8.75. The third kappa shape index (κ3) is 8.18. The highest BCUT2D eigenvalue weighted by atomic mass is 16.7. The fourth-order valence-corrected chi connectivity index (χ4v) is 1.01. The van der Waals surface area contributed by atoms with Crippen molar-refractivity contribution in [3.8, 4) is 0 Å². The number of rotatable bonds is 8. The zero-order chi connectivity index (χ0) is 10.1. The lowest BCUT2D eigenvalue weighted by atomic mass is 10.2. The largest absolute Gasteiger partial charge is 0.393 e. The molecule has 0 bridgehead atoms. The molecule has 0 saturated heterocycles. The molecule has 0 aromatic rings. The molecule has 0 amide bonds. The maximum Gasteiger partial charge on any atom is 0.169 e. The summed E-state index contributed by atoms with van der Waals surface area (Å²) in [5.74, 6) is 0. The second-order valence-corrected chi connectivity index (χ2v) is 3.10. The molecule has 1 atom stereocenters. The van der Waals surface area contributed by atoms with Crippen LogP contribution in [-0.4, -0.2) is 44.8 Å². The third-order valence-corrected chi connectivity index (χ3v) is 1.81. The van der Waals surface area contributed by atoms with Gasteiger partial charge in [0.25, 0.3) is 0 Å². The van der Waals surface area contributed by atoms with Gasteiger partial charge in [0.15, 0.2) is 6.29 Å². The molecular formula is C9H21NO3. The van der Waals surface area contributed by atoms with E-state index >= 15 is 0 Å². The molecule has 13 heavy (non-hydrogen) atoms. The van der Waals surface area contributed by atoms with Gasteiger partial charge >= 0.3 is 0 Å². The average molecular weight is 191 g/mol. The van der Waals surface area contributed by atoms with E-state index in [2.05, 4.69) is 5.32 Å². The van der Waals surface area contributed by atoms with Gasteiger partial charge in [0, 0.05) is 20.8 Å². The number of aliphatic hydroxyl groups is 1. The summed E-state index contributed by atoms with van der Waals surface area (Å²) in [6.07, 6.45) is 1.42. The topological polar surface area (TPSA) is 50.7 Å². The highest BCUT2D eigenvalue weighted by molar-refractivity contribution is 4.53. The number of aliphatic hydroxyl groups excluding tert-OH is 1. The molecule has 0 radical (unpaired) electrons. The summed E-state index contributed by atoms with van der Waals surface area (Å²) in [6, 6.07) is 0. The van der Waals surface area contributed by atoms with Crippen LogP contribution in [0.2, 0.25) is 0 Å². The van der Waals surface area contributed by atoms with Crippen LogP contribution in [0.5, 0.6) is 0 Å². The highest BCUT2D eigenvalue weighted by Crippen LogP contribution is 1.94. The average Bonchev–Trinajstić information content (AvgIpc) is 2.11. The molecule has 0 heterocycles. The fourth-order valence-electron chi connectivity index (χ4n) is 1.01. The van der Waals surface area contributed by atoms with Crippen molar-refractivity contribution in [1.82, 2.24) is 5.32 Å². The number of methoxy groups -OCH3 is 2. The lowest BCUT2D eigenvalue weighted by Gasteiger charge is -2.14. The quantitative estimate of drug-likeness (QED) is 0.429. The van der Waals surface area contributed by atoms with E-state index in [0.29, 0.717) is 6.54 Å². The van der Waals surface area contributed by atoms with Gasteiger partial charge < -0.3 is 19.9 Å². The summed E-state index contributed by atoms with van der Waals surface area (Å²) < 4.78 is 9.99. The van der Waals surface area contributed by atoms with Crippen LogP contribution >= 0.6 is 0 Å². The Morgan fingerprint density at radius 2 is 1.92 bits per heavy atom. The van der Waals surface area contributed by atoms with Gasteiger partial charge in [-0.3, -0.25) is 0 Å². The molecule has 0 aromatic carbocycles. The number of ether oxygens (including phenoxy) is 2. The molecule has 0 saturated carbocycles. The minimum atomic E-state index is -0.206. The van der Waals surface area contributed by atoms with E-state index in [1.807, 2.05) is 0 Å². The Kier molecular flexibility index (Phi) is 8.33. The molecule has 0 spiro atoms. The van der Waals surface area contributed by atoms with Gasteiger partial charge in [-0.15, -0.1) is 0 Å². The van der Waals surface area contributed by atoms with E-state index in [1.54, 1.807) is 21.1 Å². The summed E-state index contributed by atoms with van der Waals surface area (Å²) >= 11 is 0. The van der Waals surface area contributed by atoms with Crippen LogP contribution in [0.1, 0.15) is 19.8 Å². The molecule has 2 N–H and O–H groups in total. The smallest absolute Gasteiger partial charge is 0.169 e. The summed E-state index contributed by atoms with van der Waals surface area (Å²) in [5.41, 5.74) is 0. The summed E-state index contributed by atoms with van der Waals surface area (Å²) in [4.78, 5) is 0. The van der Waals surface area contributed by atoms with Gasteiger partial charge in [-0.1, -0.05) is 0 Å². The second kappa shape index (κ2) is 8.44. The van der Waals surface area contributed by atoms with Crippen molar-refractivity contribution < 1.29 is 14.6 Å². The minimum absolute atomic E-state index is 0.174. The predicted octanol–water partition coefficient (Wildman–Crippen LogP) is 0.356. The molecule has 1 unspecified atom stereocenters. The van der Waals surface area contributed by atoms with Crippen LogP contribution in [0.15, 0.2) is 0 Å².